The van der Waals surface area contributed by atoms with Crippen LogP contribution in [0.15, 0.2) is 66.0 Å². The minimum atomic E-state index is -1.02. The second-order valence-electron chi connectivity index (χ2n) is 8.44. The fourth-order valence-electron chi connectivity index (χ4n) is 4.15. The smallest absolute Gasteiger partial charge is 0.261 e. The molecule has 3 aromatic rings. The number of methoxy groups -OCH3 is 1. The summed E-state index contributed by atoms with van der Waals surface area (Å²) in [7, 11) is 1.50. The fraction of sp³-hybridized carbons (Fsp3) is 0.296. The largest absolute Gasteiger partial charge is 0.495 e. The van der Waals surface area contributed by atoms with Gasteiger partial charge in [-0.2, -0.15) is 0 Å². The standard InChI is InChI=1S/C27H28ClN3O5S/c1-35-22-12-11-19(15-21(22)28)31(24(32)17-30-26(33)23-10-6-14-37-23)25(18-7-3-2-4-8-18)27(34)29-16-20-9-5-13-36-20/h2-4,6-8,10-12,14-15,20,25H,5,9,13,16-17H2,1H3,(H,29,34)(H,30,33)/t20-,25+/m1/s1. The van der Waals surface area contributed by atoms with E-state index in [0.29, 0.717) is 35.0 Å². The first-order valence-corrected chi connectivity index (χ1v) is 13.1. The van der Waals surface area contributed by atoms with Crippen LogP contribution < -0.4 is 20.3 Å². The first-order chi connectivity index (χ1) is 18.0. The Bertz CT molecular complexity index is 1220. The number of ether oxygens (including phenoxy) is 2. The lowest BCUT2D eigenvalue weighted by Crippen LogP contribution is -2.48. The molecule has 0 radical (unpaired) electrons. The Kier molecular flexibility index (Phi) is 9.16. The monoisotopic (exact) mass is 541 g/mol. The Labute approximate surface area is 224 Å². The number of amides is 3. The van der Waals surface area contributed by atoms with Crippen LogP contribution in [0.2, 0.25) is 5.02 Å². The van der Waals surface area contributed by atoms with Gasteiger partial charge in [0.15, 0.2) is 0 Å². The van der Waals surface area contributed by atoms with Crippen LogP contribution in [0.5, 0.6) is 5.75 Å². The highest BCUT2D eigenvalue weighted by molar-refractivity contribution is 7.12. The third kappa shape index (κ3) is 6.68. The number of benzene rings is 2. The highest BCUT2D eigenvalue weighted by atomic mass is 35.5. The van der Waals surface area contributed by atoms with Crippen LogP contribution in [0.3, 0.4) is 0 Å². The normalized spacial score (nSPS) is 15.6. The molecule has 1 aliphatic heterocycles. The summed E-state index contributed by atoms with van der Waals surface area (Å²) in [5.41, 5.74) is 1.000. The molecule has 194 valence electrons. The molecule has 0 aliphatic carbocycles. The lowest BCUT2D eigenvalue weighted by atomic mass is 10.0. The Balaban J connectivity index is 1.66. The van der Waals surface area contributed by atoms with Crippen molar-refractivity contribution in [3.05, 3.63) is 81.5 Å². The number of carbonyl (C=O) groups is 3. The number of thiophene rings is 1. The van der Waals surface area contributed by atoms with E-state index in [4.69, 9.17) is 21.1 Å². The maximum Gasteiger partial charge on any atom is 0.261 e. The van der Waals surface area contributed by atoms with Crippen molar-refractivity contribution in [2.45, 2.75) is 25.0 Å². The van der Waals surface area contributed by atoms with Crippen molar-refractivity contribution in [3.8, 4) is 5.75 Å². The Morgan fingerprint density at radius 1 is 1.14 bits per heavy atom. The molecule has 8 nitrogen and oxygen atoms in total. The lowest BCUT2D eigenvalue weighted by molar-refractivity contribution is -0.126. The molecular weight excluding hydrogens is 514 g/mol. The molecule has 4 rings (SSSR count). The summed E-state index contributed by atoms with van der Waals surface area (Å²) in [6.07, 6.45) is 1.74. The highest BCUT2D eigenvalue weighted by Gasteiger charge is 2.34. The van der Waals surface area contributed by atoms with Crippen LogP contribution in [0.4, 0.5) is 5.69 Å². The van der Waals surface area contributed by atoms with Crippen LogP contribution in [0.25, 0.3) is 0 Å². The van der Waals surface area contributed by atoms with E-state index in [2.05, 4.69) is 10.6 Å². The predicted molar refractivity (Wildman–Crippen MR) is 143 cm³/mol. The van der Waals surface area contributed by atoms with Gasteiger partial charge in [-0.15, -0.1) is 11.3 Å². The molecule has 0 unspecified atom stereocenters. The average molecular weight is 542 g/mol. The summed E-state index contributed by atoms with van der Waals surface area (Å²) in [6, 6.07) is 16.3. The number of halogens is 1. The number of anilines is 1. The number of hydrogen-bond donors (Lipinski definition) is 2. The minimum absolute atomic E-state index is 0.0648. The number of carbonyl (C=O) groups excluding carboxylic acids is 3. The van der Waals surface area contributed by atoms with Gasteiger partial charge in [-0.25, -0.2) is 0 Å². The zero-order valence-corrected chi connectivity index (χ0v) is 21.9. The molecule has 2 atom stereocenters. The summed E-state index contributed by atoms with van der Waals surface area (Å²) >= 11 is 7.68. The Hall–Kier alpha value is -3.40. The summed E-state index contributed by atoms with van der Waals surface area (Å²) < 4.78 is 10.9. The van der Waals surface area contributed by atoms with E-state index < -0.39 is 11.9 Å². The van der Waals surface area contributed by atoms with Gasteiger partial charge in [0.1, 0.15) is 11.8 Å². The van der Waals surface area contributed by atoms with E-state index in [1.807, 2.05) is 6.07 Å². The van der Waals surface area contributed by atoms with Crippen molar-refractivity contribution in [2.24, 2.45) is 0 Å². The zero-order chi connectivity index (χ0) is 26.2. The topological polar surface area (TPSA) is 97.0 Å². The van der Waals surface area contributed by atoms with Crippen molar-refractivity contribution in [1.29, 1.82) is 0 Å². The van der Waals surface area contributed by atoms with Crippen molar-refractivity contribution >= 4 is 46.3 Å². The molecule has 2 heterocycles. The van der Waals surface area contributed by atoms with E-state index in [9.17, 15) is 14.4 Å². The quantitative estimate of drug-likeness (QED) is 0.401. The maximum absolute atomic E-state index is 13.7. The fourth-order valence-corrected chi connectivity index (χ4v) is 5.04. The Morgan fingerprint density at radius 2 is 1.95 bits per heavy atom. The SMILES string of the molecule is COc1ccc(N(C(=O)CNC(=O)c2cccs2)[C@H](C(=O)NC[C@H]2CCCO2)c2ccccc2)cc1Cl. The average Bonchev–Trinajstić information content (AvgIpc) is 3.64. The van der Waals surface area contributed by atoms with Crippen molar-refractivity contribution in [1.82, 2.24) is 10.6 Å². The first kappa shape index (κ1) is 26.7. The molecule has 1 saturated heterocycles. The van der Waals surface area contributed by atoms with Gasteiger partial charge < -0.3 is 20.1 Å². The highest BCUT2D eigenvalue weighted by Crippen LogP contribution is 2.34. The third-order valence-corrected chi connectivity index (χ3v) is 7.14. The van der Waals surface area contributed by atoms with Crippen molar-refractivity contribution in [3.63, 3.8) is 0 Å². The van der Waals surface area contributed by atoms with Gasteiger partial charge in [0.05, 0.1) is 29.7 Å². The molecule has 1 aromatic heterocycles. The molecule has 10 heteroatoms. The molecule has 2 aromatic carbocycles. The van der Waals surface area contributed by atoms with Crippen molar-refractivity contribution < 1.29 is 23.9 Å². The minimum Gasteiger partial charge on any atom is -0.495 e. The van der Waals surface area contributed by atoms with Gasteiger partial charge >= 0.3 is 0 Å². The number of hydrogen-bond acceptors (Lipinski definition) is 6. The molecule has 2 N–H and O–H groups in total. The molecule has 0 saturated carbocycles. The second-order valence-corrected chi connectivity index (χ2v) is 9.79. The first-order valence-electron chi connectivity index (χ1n) is 11.9. The van der Waals surface area contributed by atoms with E-state index >= 15 is 0 Å². The van der Waals surface area contributed by atoms with Gasteiger partial charge in [0.2, 0.25) is 11.8 Å². The number of rotatable bonds is 10. The Morgan fingerprint density at radius 3 is 2.59 bits per heavy atom. The third-order valence-electron chi connectivity index (χ3n) is 5.98. The number of nitrogens with one attached hydrogen (secondary N) is 2. The van der Waals surface area contributed by atoms with E-state index in [0.717, 1.165) is 12.8 Å². The second kappa shape index (κ2) is 12.7. The van der Waals surface area contributed by atoms with Gasteiger partial charge in [-0.1, -0.05) is 48.0 Å². The lowest BCUT2D eigenvalue weighted by Gasteiger charge is -2.32. The molecule has 37 heavy (non-hydrogen) atoms. The molecule has 3 amide bonds. The summed E-state index contributed by atoms with van der Waals surface area (Å²) in [4.78, 5) is 41.7. The number of nitrogens with zero attached hydrogens (tertiary/aromatic N) is 1. The van der Waals surface area contributed by atoms with Gasteiger partial charge in [-0.05, 0) is 48.1 Å². The van der Waals surface area contributed by atoms with Crippen molar-refractivity contribution in [2.75, 3.05) is 31.7 Å². The van der Waals surface area contributed by atoms with E-state index in [1.54, 1.807) is 60.0 Å². The zero-order valence-electron chi connectivity index (χ0n) is 20.3. The summed E-state index contributed by atoms with van der Waals surface area (Å²) in [5, 5.41) is 7.68. The van der Waals surface area contributed by atoms with Gasteiger partial charge in [0, 0.05) is 18.8 Å². The van der Waals surface area contributed by atoms with E-state index in [-0.39, 0.29) is 29.5 Å². The summed E-state index contributed by atoms with van der Waals surface area (Å²) in [6.45, 7) is 0.687. The molecule has 0 bridgehead atoms. The van der Waals surface area contributed by atoms with Crippen LogP contribution in [-0.2, 0) is 14.3 Å². The van der Waals surface area contributed by atoms with Gasteiger partial charge in [-0.3, -0.25) is 19.3 Å². The maximum atomic E-state index is 13.7. The van der Waals surface area contributed by atoms with Crippen LogP contribution >= 0.6 is 22.9 Å². The van der Waals surface area contributed by atoms with Gasteiger partial charge in [0.25, 0.3) is 5.91 Å². The molecule has 1 fully saturated rings. The molecule has 0 spiro atoms. The van der Waals surface area contributed by atoms with E-state index in [1.165, 1.54) is 23.3 Å². The predicted octanol–water partition coefficient (Wildman–Crippen LogP) is 4.21. The molecule has 1 aliphatic rings. The molecular formula is C27H28ClN3O5S. The van der Waals surface area contributed by atoms with Crippen LogP contribution in [0, 0.1) is 0 Å². The van der Waals surface area contributed by atoms with Crippen LogP contribution in [-0.4, -0.2) is 50.6 Å². The summed E-state index contributed by atoms with van der Waals surface area (Å²) in [5.74, 6) is -0.781. The van der Waals surface area contributed by atoms with Crippen LogP contribution in [0.1, 0.15) is 34.1 Å².